The highest BCUT2D eigenvalue weighted by atomic mass is 32.2. The SMILES string of the molecule is Cc1cccc(S(=O)(=O)NCC2(C(=O)O)CCCC2)c1. The normalized spacial score (nSPS) is 18.1. The summed E-state index contributed by atoms with van der Waals surface area (Å²) < 4.78 is 26.9. The van der Waals surface area contributed by atoms with Gasteiger partial charge in [-0.15, -0.1) is 0 Å². The van der Waals surface area contributed by atoms with Crippen molar-refractivity contribution in [3.63, 3.8) is 0 Å². The van der Waals surface area contributed by atoms with Crippen molar-refractivity contribution >= 4 is 16.0 Å². The van der Waals surface area contributed by atoms with Crippen molar-refractivity contribution in [3.8, 4) is 0 Å². The molecular formula is C14H19NO4S. The summed E-state index contributed by atoms with van der Waals surface area (Å²) in [6, 6.07) is 6.57. The summed E-state index contributed by atoms with van der Waals surface area (Å²) in [6.07, 6.45) is 2.72. The molecule has 0 aliphatic heterocycles. The smallest absolute Gasteiger partial charge is 0.310 e. The number of nitrogens with one attached hydrogen (secondary N) is 1. The number of sulfonamides is 1. The van der Waals surface area contributed by atoms with Crippen molar-refractivity contribution in [1.29, 1.82) is 0 Å². The van der Waals surface area contributed by atoms with E-state index in [9.17, 15) is 18.3 Å². The summed E-state index contributed by atoms with van der Waals surface area (Å²) in [5, 5.41) is 9.34. The van der Waals surface area contributed by atoms with Gasteiger partial charge in [0, 0.05) is 6.54 Å². The molecule has 20 heavy (non-hydrogen) atoms. The monoisotopic (exact) mass is 297 g/mol. The predicted octanol–water partition coefficient (Wildman–Crippen LogP) is 1.92. The fourth-order valence-electron chi connectivity index (χ4n) is 2.62. The van der Waals surface area contributed by atoms with E-state index in [1.54, 1.807) is 12.1 Å². The molecule has 1 saturated carbocycles. The van der Waals surface area contributed by atoms with Gasteiger partial charge in [-0.3, -0.25) is 4.79 Å². The molecule has 1 fully saturated rings. The van der Waals surface area contributed by atoms with Crippen LogP contribution < -0.4 is 4.72 Å². The Bertz CT molecular complexity index is 603. The molecule has 2 rings (SSSR count). The number of hydrogen-bond donors (Lipinski definition) is 2. The quantitative estimate of drug-likeness (QED) is 0.869. The number of aryl methyl sites for hydroxylation is 1. The molecule has 0 heterocycles. The first-order valence-electron chi connectivity index (χ1n) is 6.65. The first-order valence-corrected chi connectivity index (χ1v) is 8.14. The van der Waals surface area contributed by atoms with Crippen LogP contribution in [0.15, 0.2) is 29.2 Å². The van der Waals surface area contributed by atoms with E-state index in [2.05, 4.69) is 4.72 Å². The van der Waals surface area contributed by atoms with E-state index in [1.807, 2.05) is 13.0 Å². The van der Waals surface area contributed by atoms with Gasteiger partial charge < -0.3 is 5.11 Å². The molecule has 110 valence electrons. The van der Waals surface area contributed by atoms with E-state index in [0.717, 1.165) is 18.4 Å². The predicted molar refractivity (Wildman–Crippen MR) is 74.9 cm³/mol. The Kier molecular flexibility index (Phi) is 4.15. The van der Waals surface area contributed by atoms with Crippen molar-refractivity contribution < 1.29 is 18.3 Å². The Morgan fingerprint density at radius 1 is 1.35 bits per heavy atom. The molecule has 0 atom stereocenters. The molecule has 1 aromatic carbocycles. The van der Waals surface area contributed by atoms with E-state index in [0.29, 0.717) is 12.8 Å². The lowest BCUT2D eigenvalue weighted by molar-refractivity contribution is -0.148. The van der Waals surface area contributed by atoms with Crippen molar-refractivity contribution in [2.75, 3.05) is 6.54 Å². The molecule has 5 nitrogen and oxygen atoms in total. The summed E-state index contributed by atoms with van der Waals surface area (Å²) in [7, 11) is -3.66. The minimum absolute atomic E-state index is 0.0430. The van der Waals surface area contributed by atoms with E-state index in [4.69, 9.17) is 0 Å². The lowest BCUT2D eigenvalue weighted by Crippen LogP contribution is -2.41. The summed E-state index contributed by atoms with van der Waals surface area (Å²) in [5.41, 5.74) is -0.0987. The highest BCUT2D eigenvalue weighted by Crippen LogP contribution is 2.38. The fraction of sp³-hybridized carbons (Fsp3) is 0.500. The fourth-order valence-corrected chi connectivity index (χ4v) is 3.85. The van der Waals surface area contributed by atoms with Crippen LogP contribution >= 0.6 is 0 Å². The van der Waals surface area contributed by atoms with Gasteiger partial charge in [0.1, 0.15) is 0 Å². The first kappa shape index (κ1) is 15.0. The highest BCUT2D eigenvalue weighted by Gasteiger charge is 2.42. The van der Waals surface area contributed by atoms with Crippen LogP contribution in [0.4, 0.5) is 0 Å². The first-order chi connectivity index (χ1) is 9.36. The zero-order chi connectivity index (χ0) is 14.8. The number of benzene rings is 1. The second-order valence-electron chi connectivity index (χ2n) is 5.43. The zero-order valence-corrected chi connectivity index (χ0v) is 12.2. The van der Waals surface area contributed by atoms with Crippen LogP contribution in [0, 0.1) is 12.3 Å². The molecule has 0 spiro atoms. The van der Waals surface area contributed by atoms with Gasteiger partial charge in [-0.05, 0) is 37.5 Å². The number of hydrogen-bond acceptors (Lipinski definition) is 3. The Balaban J connectivity index is 2.15. The van der Waals surface area contributed by atoms with Gasteiger partial charge in [0.2, 0.25) is 10.0 Å². The second-order valence-corrected chi connectivity index (χ2v) is 7.20. The third-order valence-corrected chi connectivity index (χ3v) is 5.31. The van der Waals surface area contributed by atoms with Gasteiger partial charge >= 0.3 is 5.97 Å². The summed E-state index contributed by atoms with van der Waals surface area (Å²) >= 11 is 0. The Labute approximate surface area is 119 Å². The third kappa shape index (κ3) is 3.02. The van der Waals surface area contributed by atoms with Crippen molar-refractivity contribution in [3.05, 3.63) is 29.8 Å². The topological polar surface area (TPSA) is 83.5 Å². The van der Waals surface area contributed by atoms with Crippen LogP contribution in [0.1, 0.15) is 31.2 Å². The number of carboxylic acids is 1. The molecule has 6 heteroatoms. The number of rotatable bonds is 5. The molecule has 0 unspecified atom stereocenters. The average molecular weight is 297 g/mol. The standard InChI is InChI=1S/C14H19NO4S/c1-11-5-4-6-12(9-11)20(18,19)15-10-14(13(16)17)7-2-3-8-14/h4-6,9,15H,2-3,7-8,10H2,1H3,(H,16,17). The molecule has 2 N–H and O–H groups in total. The van der Waals surface area contributed by atoms with Gasteiger partial charge in [-0.2, -0.15) is 0 Å². The Morgan fingerprint density at radius 2 is 2.00 bits per heavy atom. The molecule has 0 amide bonds. The maximum Gasteiger partial charge on any atom is 0.310 e. The largest absolute Gasteiger partial charge is 0.481 e. The van der Waals surface area contributed by atoms with Crippen LogP contribution in [-0.4, -0.2) is 26.0 Å². The number of aliphatic carboxylic acids is 1. The molecule has 0 aromatic heterocycles. The van der Waals surface area contributed by atoms with Crippen LogP contribution in [0.5, 0.6) is 0 Å². The average Bonchev–Trinajstić information content (AvgIpc) is 2.87. The molecule has 0 saturated heterocycles. The van der Waals surface area contributed by atoms with Crippen LogP contribution in [-0.2, 0) is 14.8 Å². The van der Waals surface area contributed by atoms with Crippen LogP contribution in [0.2, 0.25) is 0 Å². The van der Waals surface area contributed by atoms with Crippen molar-refractivity contribution in [2.45, 2.75) is 37.5 Å². The van der Waals surface area contributed by atoms with Gasteiger partial charge in [0.15, 0.2) is 0 Å². The lowest BCUT2D eigenvalue weighted by atomic mass is 9.87. The van der Waals surface area contributed by atoms with Crippen molar-refractivity contribution in [2.24, 2.45) is 5.41 Å². The molecule has 0 bridgehead atoms. The van der Waals surface area contributed by atoms with Crippen LogP contribution in [0.3, 0.4) is 0 Å². The zero-order valence-electron chi connectivity index (χ0n) is 11.4. The Morgan fingerprint density at radius 3 is 2.55 bits per heavy atom. The molecule has 0 radical (unpaired) electrons. The Hall–Kier alpha value is -1.40. The third-order valence-electron chi connectivity index (χ3n) is 3.91. The molecular weight excluding hydrogens is 278 g/mol. The van der Waals surface area contributed by atoms with Crippen LogP contribution in [0.25, 0.3) is 0 Å². The van der Waals surface area contributed by atoms with Gasteiger partial charge in [0.05, 0.1) is 10.3 Å². The molecule has 1 aliphatic carbocycles. The van der Waals surface area contributed by atoms with Gasteiger partial charge in [0.25, 0.3) is 0 Å². The van der Waals surface area contributed by atoms with Crippen molar-refractivity contribution in [1.82, 2.24) is 4.72 Å². The molecule has 1 aromatic rings. The van der Waals surface area contributed by atoms with E-state index < -0.39 is 21.4 Å². The maximum absolute atomic E-state index is 12.2. The van der Waals surface area contributed by atoms with E-state index >= 15 is 0 Å². The lowest BCUT2D eigenvalue weighted by Gasteiger charge is -2.23. The minimum atomic E-state index is -3.66. The summed E-state index contributed by atoms with van der Waals surface area (Å²) in [5.74, 6) is -0.915. The van der Waals surface area contributed by atoms with E-state index in [1.165, 1.54) is 6.07 Å². The number of carboxylic acid groups (broad SMARTS) is 1. The summed E-state index contributed by atoms with van der Waals surface area (Å²) in [4.78, 5) is 11.6. The minimum Gasteiger partial charge on any atom is -0.481 e. The van der Waals surface area contributed by atoms with Gasteiger partial charge in [-0.25, -0.2) is 13.1 Å². The maximum atomic E-state index is 12.2. The van der Waals surface area contributed by atoms with Gasteiger partial charge in [-0.1, -0.05) is 25.0 Å². The number of carbonyl (C=O) groups is 1. The molecule has 1 aliphatic rings. The second kappa shape index (κ2) is 5.54. The van der Waals surface area contributed by atoms with E-state index in [-0.39, 0.29) is 11.4 Å². The highest BCUT2D eigenvalue weighted by molar-refractivity contribution is 7.89. The summed E-state index contributed by atoms with van der Waals surface area (Å²) in [6.45, 7) is 1.77.